The van der Waals surface area contributed by atoms with Crippen LogP contribution in [0.2, 0.25) is 0 Å². The second kappa shape index (κ2) is 6.81. The molecule has 26 heavy (non-hydrogen) atoms. The molecule has 0 saturated carbocycles. The highest BCUT2D eigenvalue weighted by molar-refractivity contribution is 5.75. The molecule has 0 aliphatic carbocycles. The molecule has 1 amide bonds. The van der Waals surface area contributed by atoms with Crippen LogP contribution in [-0.2, 0) is 4.74 Å². The first kappa shape index (κ1) is 18.0. The zero-order chi connectivity index (χ0) is 18.9. The van der Waals surface area contributed by atoms with Crippen LogP contribution in [0.15, 0.2) is 22.6 Å². The van der Waals surface area contributed by atoms with Crippen LogP contribution >= 0.6 is 0 Å². The number of benzene rings is 1. The summed E-state index contributed by atoms with van der Waals surface area (Å²) in [6, 6.07) is 4.20. The lowest BCUT2D eigenvalue weighted by Crippen LogP contribution is -2.44. The van der Waals surface area contributed by atoms with E-state index in [1.807, 2.05) is 20.8 Å². The molecule has 0 atom stereocenters. The number of hydrogen-bond acceptors (Lipinski definition) is 7. The van der Waals surface area contributed by atoms with Gasteiger partial charge in [0.05, 0.1) is 4.92 Å². The van der Waals surface area contributed by atoms with E-state index in [0.29, 0.717) is 37.0 Å². The molecular weight excluding hydrogens is 342 g/mol. The van der Waals surface area contributed by atoms with Crippen LogP contribution in [0.25, 0.3) is 11.1 Å². The summed E-state index contributed by atoms with van der Waals surface area (Å²) in [5.41, 5.74) is 0.228. The van der Waals surface area contributed by atoms with Gasteiger partial charge in [0.15, 0.2) is 5.58 Å². The van der Waals surface area contributed by atoms with Crippen molar-refractivity contribution >= 4 is 22.9 Å². The Morgan fingerprint density at radius 2 is 2.04 bits per heavy atom. The fourth-order valence-electron chi connectivity index (χ4n) is 2.68. The lowest BCUT2D eigenvalue weighted by atomic mass is 10.1. The standard InChI is InChI=1S/C17H21N3O6/c1-17(2,3)26-16(21)19-8-6-12(7-9-19)24-15-18-13-10-11(20(22)23)4-5-14(13)25-15/h4-5,10,12H,6-9H2,1-3H3. The van der Waals surface area contributed by atoms with Crippen molar-refractivity contribution < 1.29 is 23.6 Å². The number of hydrogen-bond donors (Lipinski definition) is 0. The summed E-state index contributed by atoms with van der Waals surface area (Å²) in [4.78, 5) is 28.2. The van der Waals surface area contributed by atoms with E-state index in [0.717, 1.165) is 0 Å². The van der Waals surface area contributed by atoms with E-state index in [9.17, 15) is 14.9 Å². The van der Waals surface area contributed by atoms with Gasteiger partial charge in [0.25, 0.3) is 5.69 Å². The topological polar surface area (TPSA) is 108 Å². The molecule has 1 fully saturated rings. The molecule has 3 rings (SSSR count). The average molecular weight is 363 g/mol. The lowest BCUT2D eigenvalue weighted by molar-refractivity contribution is -0.384. The summed E-state index contributed by atoms with van der Waals surface area (Å²) in [5.74, 6) is 0. The Morgan fingerprint density at radius 1 is 1.35 bits per heavy atom. The maximum atomic E-state index is 12.1. The van der Waals surface area contributed by atoms with Crippen molar-refractivity contribution in [3.05, 3.63) is 28.3 Å². The van der Waals surface area contributed by atoms with Gasteiger partial charge in [-0.1, -0.05) is 0 Å². The number of nitrogens with zero attached hydrogens (tertiary/aromatic N) is 3. The van der Waals surface area contributed by atoms with Crippen LogP contribution < -0.4 is 4.74 Å². The van der Waals surface area contributed by atoms with Crippen molar-refractivity contribution in [1.29, 1.82) is 0 Å². The SMILES string of the molecule is CC(C)(C)OC(=O)N1CCC(Oc2nc3cc([N+](=O)[O-])ccc3o2)CC1. The van der Waals surface area contributed by atoms with Crippen LogP contribution in [-0.4, -0.2) is 45.7 Å². The molecule has 0 radical (unpaired) electrons. The molecule has 1 aromatic carbocycles. The number of likely N-dealkylation sites (tertiary alicyclic amines) is 1. The minimum absolute atomic E-state index is 0.0528. The highest BCUT2D eigenvalue weighted by Gasteiger charge is 2.28. The minimum atomic E-state index is -0.523. The zero-order valence-electron chi connectivity index (χ0n) is 14.9. The number of amides is 1. The number of oxazole rings is 1. The maximum absolute atomic E-state index is 12.1. The summed E-state index contributed by atoms with van der Waals surface area (Å²) in [6.07, 6.45) is 0.856. The minimum Gasteiger partial charge on any atom is -0.447 e. The van der Waals surface area contributed by atoms with Gasteiger partial charge in [-0.3, -0.25) is 10.1 Å². The van der Waals surface area contributed by atoms with Crippen molar-refractivity contribution in [2.45, 2.75) is 45.3 Å². The highest BCUT2D eigenvalue weighted by atomic mass is 16.6. The van der Waals surface area contributed by atoms with E-state index in [4.69, 9.17) is 13.9 Å². The highest BCUT2D eigenvalue weighted by Crippen LogP contribution is 2.26. The average Bonchev–Trinajstić information content (AvgIpc) is 2.95. The number of fused-ring (bicyclic) bond motifs is 1. The number of non-ortho nitro benzene ring substituents is 1. The Morgan fingerprint density at radius 3 is 2.65 bits per heavy atom. The van der Waals surface area contributed by atoms with Crippen molar-refractivity contribution in [2.24, 2.45) is 0 Å². The Labute approximate surface area is 150 Å². The lowest BCUT2D eigenvalue weighted by Gasteiger charge is -2.32. The van der Waals surface area contributed by atoms with Gasteiger partial charge in [-0.15, -0.1) is 0 Å². The third kappa shape index (κ3) is 4.22. The smallest absolute Gasteiger partial charge is 0.410 e. The van der Waals surface area contributed by atoms with Gasteiger partial charge < -0.3 is 18.8 Å². The van der Waals surface area contributed by atoms with Crippen molar-refractivity contribution in [3.63, 3.8) is 0 Å². The second-order valence-electron chi connectivity index (χ2n) is 7.17. The Balaban J connectivity index is 1.58. The number of carbonyl (C=O) groups is 1. The van der Waals surface area contributed by atoms with Gasteiger partial charge in [0, 0.05) is 38.1 Å². The first-order valence-electron chi connectivity index (χ1n) is 8.41. The number of nitro groups is 1. The first-order chi connectivity index (χ1) is 12.2. The molecule has 1 aromatic heterocycles. The van der Waals surface area contributed by atoms with Gasteiger partial charge >= 0.3 is 12.2 Å². The number of rotatable bonds is 3. The molecule has 9 heteroatoms. The quantitative estimate of drug-likeness (QED) is 0.606. The molecule has 1 aliphatic heterocycles. The van der Waals surface area contributed by atoms with Gasteiger partial charge in [-0.2, -0.15) is 4.98 Å². The van der Waals surface area contributed by atoms with Gasteiger partial charge in [-0.25, -0.2) is 4.79 Å². The van der Waals surface area contributed by atoms with Gasteiger partial charge in [0.2, 0.25) is 0 Å². The van der Waals surface area contributed by atoms with Crippen molar-refractivity contribution in [2.75, 3.05) is 13.1 Å². The normalized spacial score (nSPS) is 15.9. The maximum Gasteiger partial charge on any atom is 0.410 e. The number of carbonyl (C=O) groups excluding carboxylic acids is 1. The third-order valence-corrected chi connectivity index (χ3v) is 3.92. The molecule has 0 N–H and O–H groups in total. The number of piperidine rings is 1. The molecule has 0 spiro atoms. The number of aromatic nitrogens is 1. The molecule has 1 aliphatic rings. The van der Waals surface area contributed by atoms with E-state index in [1.165, 1.54) is 18.2 Å². The van der Waals surface area contributed by atoms with Crippen molar-refractivity contribution in [1.82, 2.24) is 9.88 Å². The second-order valence-corrected chi connectivity index (χ2v) is 7.17. The molecule has 140 valence electrons. The summed E-state index contributed by atoms with van der Waals surface area (Å²) in [6.45, 7) is 6.53. The molecule has 0 bridgehead atoms. The predicted molar refractivity (Wildman–Crippen MR) is 92.1 cm³/mol. The van der Waals surface area contributed by atoms with E-state index >= 15 is 0 Å². The summed E-state index contributed by atoms with van der Waals surface area (Å²) >= 11 is 0. The van der Waals surface area contributed by atoms with Crippen LogP contribution in [0.4, 0.5) is 10.5 Å². The number of ether oxygens (including phenoxy) is 2. The fraction of sp³-hybridized carbons (Fsp3) is 0.529. The summed E-state index contributed by atoms with van der Waals surface area (Å²) in [5, 5.41) is 10.8. The van der Waals surface area contributed by atoms with E-state index in [-0.39, 0.29) is 24.0 Å². The Hall–Kier alpha value is -2.84. The van der Waals surface area contributed by atoms with Gasteiger partial charge in [0.1, 0.15) is 17.2 Å². The fourth-order valence-corrected chi connectivity index (χ4v) is 2.68. The van der Waals surface area contributed by atoms with Crippen LogP contribution in [0, 0.1) is 10.1 Å². The Kier molecular flexibility index (Phi) is 4.71. The molecule has 2 aromatic rings. The van der Waals surface area contributed by atoms with Crippen LogP contribution in [0.5, 0.6) is 6.08 Å². The zero-order valence-corrected chi connectivity index (χ0v) is 14.9. The molecule has 1 saturated heterocycles. The van der Waals surface area contributed by atoms with E-state index in [2.05, 4.69) is 4.98 Å². The Bertz CT molecular complexity index is 818. The monoisotopic (exact) mass is 363 g/mol. The molecule has 9 nitrogen and oxygen atoms in total. The van der Waals surface area contributed by atoms with Gasteiger partial charge in [-0.05, 0) is 26.8 Å². The van der Waals surface area contributed by atoms with E-state index < -0.39 is 10.5 Å². The van der Waals surface area contributed by atoms with Crippen LogP contribution in [0.1, 0.15) is 33.6 Å². The predicted octanol–water partition coefficient (Wildman–Crippen LogP) is 3.51. The summed E-state index contributed by atoms with van der Waals surface area (Å²) < 4.78 is 16.6. The van der Waals surface area contributed by atoms with E-state index in [1.54, 1.807) is 4.90 Å². The number of nitro benzene ring substituents is 1. The molecular formula is C17H21N3O6. The molecule has 0 unspecified atom stereocenters. The largest absolute Gasteiger partial charge is 0.447 e. The molecule has 2 heterocycles. The third-order valence-electron chi connectivity index (χ3n) is 3.92. The summed E-state index contributed by atoms with van der Waals surface area (Å²) in [7, 11) is 0. The van der Waals surface area contributed by atoms with Crippen LogP contribution in [0.3, 0.4) is 0 Å². The first-order valence-corrected chi connectivity index (χ1v) is 8.41. The van der Waals surface area contributed by atoms with Crippen molar-refractivity contribution in [3.8, 4) is 6.08 Å².